The molecule has 35 heavy (non-hydrogen) atoms. The third-order valence-corrected chi connectivity index (χ3v) is 7.57. The molecule has 7 heteroatoms. The Hall–Kier alpha value is -2.15. The standard InChI is InChI=1S/C28H39ClN4O2/c1-2-3-15-33-17-11-25(31-26(28(33)35)12-16-32-13-5-4-6-14-32)20-30-27(34)23-8-7-22-19-24(29)10-9-21(22)18-23/h7-10,18-19,25-26,31H,2-6,11-17,20H2,1H3,(H,30,34)/t25-,26+/m0/s1. The Morgan fingerprint density at radius 1 is 1.06 bits per heavy atom. The zero-order chi connectivity index (χ0) is 24.6. The molecule has 2 amide bonds. The molecule has 0 bridgehead atoms. The average Bonchev–Trinajstić information content (AvgIpc) is 3.03. The number of nitrogens with zero attached hydrogens (tertiary/aromatic N) is 2. The van der Waals surface area contributed by atoms with Crippen molar-refractivity contribution in [2.75, 3.05) is 39.3 Å². The predicted molar refractivity (Wildman–Crippen MR) is 143 cm³/mol. The van der Waals surface area contributed by atoms with Crippen molar-refractivity contribution in [3.8, 4) is 0 Å². The van der Waals surface area contributed by atoms with Gasteiger partial charge in [0.2, 0.25) is 5.91 Å². The minimum Gasteiger partial charge on any atom is -0.350 e. The number of carbonyl (C=O) groups excluding carboxylic acids is 2. The summed E-state index contributed by atoms with van der Waals surface area (Å²) in [5, 5.41) is 9.40. The summed E-state index contributed by atoms with van der Waals surface area (Å²) in [4.78, 5) is 30.8. The van der Waals surface area contributed by atoms with Gasteiger partial charge in [0.05, 0.1) is 6.04 Å². The van der Waals surface area contributed by atoms with Crippen LogP contribution in [-0.4, -0.2) is 73.0 Å². The molecular weight excluding hydrogens is 460 g/mol. The Morgan fingerprint density at radius 3 is 2.63 bits per heavy atom. The van der Waals surface area contributed by atoms with Gasteiger partial charge < -0.3 is 20.4 Å². The molecule has 0 radical (unpaired) electrons. The first-order valence-electron chi connectivity index (χ1n) is 13.3. The van der Waals surface area contributed by atoms with Gasteiger partial charge in [-0.3, -0.25) is 9.59 Å². The van der Waals surface area contributed by atoms with Gasteiger partial charge in [0.25, 0.3) is 5.91 Å². The van der Waals surface area contributed by atoms with E-state index in [2.05, 4.69) is 22.5 Å². The number of unbranched alkanes of at least 4 members (excludes halogenated alkanes) is 1. The Morgan fingerprint density at radius 2 is 1.83 bits per heavy atom. The van der Waals surface area contributed by atoms with E-state index in [0.717, 1.165) is 69.2 Å². The van der Waals surface area contributed by atoms with E-state index in [-0.39, 0.29) is 23.9 Å². The fourth-order valence-corrected chi connectivity index (χ4v) is 5.37. The van der Waals surface area contributed by atoms with E-state index >= 15 is 0 Å². The molecule has 0 unspecified atom stereocenters. The van der Waals surface area contributed by atoms with Crippen molar-refractivity contribution in [2.24, 2.45) is 0 Å². The molecule has 2 aliphatic rings. The highest BCUT2D eigenvalue weighted by atomic mass is 35.5. The highest BCUT2D eigenvalue weighted by molar-refractivity contribution is 6.31. The van der Waals surface area contributed by atoms with Crippen molar-refractivity contribution in [1.29, 1.82) is 0 Å². The summed E-state index contributed by atoms with van der Waals surface area (Å²) < 4.78 is 0. The zero-order valence-electron chi connectivity index (χ0n) is 20.9. The molecule has 2 heterocycles. The summed E-state index contributed by atoms with van der Waals surface area (Å²) in [6.45, 7) is 7.45. The molecule has 0 aliphatic carbocycles. The van der Waals surface area contributed by atoms with Crippen molar-refractivity contribution in [3.05, 3.63) is 47.0 Å². The van der Waals surface area contributed by atoms with Crippen LogP contribution in [0.15, 0.2) is 36.4 Å². The second-order valence-electron chi connectivity index (χ2n) is 9.99. The molecule has 2 atom stereocenters. The van der Waals surface area contributed by atoms with Crippen molar-refractivity contribution >= 4 is 34.2 Å². The maximum absolute atomic E-state index is 13.3. The predicted octanol–water partition coefficient (Wildman–Crippen LogP) is 4.46. The van der Waals surface area contributed by atoms with Gasteiger partial charge in [-0.05, 0) is 80.2 Å². The van der Waals surface area contributed by atoms with Crippen LogP contribution in [0.5, 0.6) is 0 Å². The van der Waals surface area contributed by atoms with Crippen LogP contribution in [0.25, 0.3) is 10.8 Å². The summed E-state index contributed by atoms with van der Waals surface area (Å²) in [6.07, 6.45) is 7.59. The molecule has 4 rings (SSSR count). The minimum atomic E-state index is -0.191. The van der Waals surface area contributed by atoms with Gasteiger partial charge in [-0.15, -0.1) is 0 Å². The SMILES string of the molecule is CCCCN1CC[C@@H](CNC(=O)c2ccc3cc(Cl)ccc3c2)N[C@H](CCN2CCCCC2)C1=O. The van der Waals surface area contributed by atoms with Crippen molar-refractivity contribution in [3.63, 3.8) is 0 Å². The van der Waals surface area contributed by atoms with Crippen LogP contribution in [0.2, 0.25) is 5.02 Å². The maximum atomic E-state index is 13.3. The van der Waals surface area contributed by atoms with Crippen molar-refractivity contribution in [1.82, 2.24) is 20.4 Å². The first kappa shape index (κ1) is 25.9. The fourth-order valence-electron chi connectivity index (χ4n) is 5.19. The highest BCUT2D eigenvalue weighted by Crippen LogP contribution is 2.21. The highest BCUT2D eigenvalue weighted by Gasteiger charge is 2.31. The van der Waals surface area contributed by atoms with Crippen LogP contribution in [0.4, 0.5) is 0 Å². The van der Waals surface area contributed by atoms with E-state index in [9.17, 15) is 9.59 Å². The molecule has 2 aromatic rings. The number of benzene rings is 2. The summed E-state index contributed by atoms with van der Waals surface area (Å²) in [7, 11) is 0. The topological polar surface area (TPSA) is 64.7 Å². The zero-order valence-corrected chi connectivity index (χ0v) is 21.7. The molecule has 190 valence electrons. The minimum absolute atomic E-state index is 0.0696. The molecule has 2 aromatic carbocycles. The van der Waals surface area contributed by atoms with E-state index in [1.165, 1.54) is 19.3 Å². The van der Waals surface area contributed by atoms with Gasteiger partial charge in [0.1, 0.15) is 0 Å². The van der Waals surface area contributed by atoms with Gasteiger partial charge in [-0.2, -0.15) is 0 Å². The summed E-state index contributed by atoms with van der Waals surface area (Å²) in [5.41, 5.74) is 0.635. The first-order valence-corrected chi connectivity index (χ1v) is 13.7. The number of halogens is 1. The Labute approximate surface area is 214 Å². The Bertz CT molecular complexity index is 1010. The van der Waals surface area contributed by atoms with Crippen LogP contribution >= 0.6 is 11.6 Å². The van der Waals surface area contributed by atoms with Crippen LogP contribution in [0.1, 0.15) is 62.2 Å². The lowest BCUT2D eigenvalue weighted by molar-refractivity contribution is -0.133. The lowest BCUT2D eigenvalue weighted by Gasteiger charge is -2.30. The van der Waals surface area contributed by atoms with Crippen LogP contribution in [0.3, 0.4) is 0 Å². The Kier molecular flexibility index (Phi) is 9.41. The first-order chi connectivity index (χ1) is 17.0. The number of likely N-dealkylation sites (tertiary alicyclic amines) is 1. The summed E-state index contributed by atoms with van der Waals surface area (Å²) in [5.74, 6) is 0.129. The molecule has 6 nitrogen and oxygen atoms in total. The van der Waals surface area contributed by atoms with E-state index < -0.39 is 0 Å². The molecule has 2 aliphatic heterocycles. The maximum Gasteiger partial charge on any atom is 0.251 e. The number of amides is 2. The molecule has 0 saturated carbocycles. The average molecular weight is 499 g/mol. The number of fused-ring (bicyclic) bond motifs is 1. The van der Waals surface area contributed by atoms with Crippen molar-refractivity contribution < 1.29 is 9.59 Å². The smallest absolute Gasteiger partial charge is 0.251 e. The lowest BCUT2D eigenvalue weighted by Crippen LogP contribution is -2.50. The van der Waals surface area contributed by atoms with Crippen LogP contribution in [-0.2, 0) is 4.79 Å². The normalized spacial score (nSPS) is 21.8. The number of piperidine rings is 1. The van der Waals surface area contributed by atoms with Gasteiger partial charge in [-0.25, -0.2) is 0 Å². The molecule has 2 saturated heterocycles. The number of carbonyl (C=O) groups is 2. The van der Waals surface area contributed by atoms with Crippen LogP contribution < -0.4 is 10.6 Å². The quantitative estimate of drug-likeness (QED) is 0.536. The number of rotatable bonds is 9. The molecular formula is C28H39ClN4O2. The summed E-state index contributed by atoms with van der Waals surface area (Å²) in [6, 6.07) is 11.2. The van der Waals surface area contributed by atoms with Gasteiger partial charge in [0, 0.05) is 42.8 Å². The van der Waals surface area contributed by atoms with E-state index in [4.69, 9.17) is 11.6 Å². The second-order valence-corrected chi connectivity index (χ2v) is 10.4. The van der Waals surface area contributed by atoms with E-state index in [1.54, 1.807) is 0 Å². The lowest BCUT2D eigenvalue weighted by atomic mass is 10.1. The third kappa shape index (κ3) is 7.18. The van der Waals surface area contributed by atoms with E-state index in [0.29, 0.717) is 17.1 Å². The largest absolute Gasteiger partial charge is 0.350 e. The number of hydrogen-bond donors (Lipinski definition) is 2. The van der Waals surface area contributed by atoms with Gasteiger partial charge in [0.15, 0.2) is 0 Å². The summed E-state index contributed by atoms with van der Waals surface area (Å²) >= 11 is 6.08. The third-order valence-electron chi connectivity index (χ3n) is 7.33. The van der Waals surface area contributed by atoms with E-state index in [1.807, 2.05) is 41.3 Å². The van der Waals surface area contributed by atoms with Gasteiger partial charge >= 0.3 is 0 Å². The van der Waals surface area contributed by atoms with Crippen LogP contribution in [0, 0.1) is 0 Å². The second kappa shape index (κ2) is 12.7. The molecule has 2 fully saturated rings. The van der Waals surface area contributed by atoms with Crippen molar-refractivity contribution in [2.45, 2.75) is 64.0 Å². The number of nitrogens with one attached hydrogen (secondary N) is 2. The fraction of sp³-hybridized carbons (Fsp3) is 0.571. The molecule has 0 spiro atoms. The molecule has 0 aromatic heterocycles. The molecule has 2 N–H and O–H groups in total. The number of hydrogen-bond acceptors (Lipinski definition) is 4. The monoisotopic (exact) mass is 498 g/mol. The Balaban J connectivity index is 1.37. The van der Waals surface area contributed by atoms with Gasteiger partial charge in [-0.1, -0.05) is 43.5 Å².